The maximum atomic E-state index is 11.9. The monoisotopic (exact) mass is 212 g/mol. The van der Waals surface area contributed by atoms with E-state index in [1.165, 1.54) is 0 Å². The summed E-state index contributed by atoms with van der Waals surface area (Å²) in [5, 5.41) is 8.52. The lowest BCUT2D eigenvalue weighted by molar-refractivity contribution is -0.132. The average molecular weight is 212 g/mol. The second-order valence-electron chi connectivity index (χ2n) is 5.22. The number of carboxylic acid groups (broad SMARTS) is 1. The van der Waals surface area contributed by atoms with Crippen molar-refractivity contribution in [3.05, 3.63) is 0 Å². The third-order valence-electron chi connectivity index (χ3n) is 4.58. The Labute approximate surface area is 88.6 Å². The molecule has 2 rings (SSSR count). The fourth-order valence-corrected chi connectivity index (χ4v) is 3.29. The van der Waals surface area contributed by atoms with Gasteiger partial charge < -0.3 is 9.84 Å². The molecule has 0 aromatic carbocycles. The zero-order valence-corrected chi connectivity index (χ0v) is 9.08. The number of Topliss-reactive ketones (excluding diaryl/α,β-unsaturated/α-hetero) is 1. The summed E-state index contributed by atoms with van der Waals surface area (Å²) in [6, 6.07) is 0. The Morgan fingerprint density at radius 3 is 2.67 bits per heavy atom. The molecule has 2 unspecified atom stereocenters. The minimum Gasteiger partial charge on any atom is -0.450 e. The first-order chi connectivity index (χ1) is 6.90. The maximum absolute atomic E-state index is 11.9. The summed E-state index contributed by atoms with van der Waals surface area (Å²) < 4.78 is 4.65. The molecule has 0 heterocycles. The summed E-state index contributed by atoms with van der Waals surface area (Å²) in [5.74, 6) is 0.590. The molecule has 2 aliphatic rings. The lowest BCUT2D eigenvalue weighted by atomic mass is 9.69. The molecule has 4 nitrogen and oxygen atoms in total. The fraction of sp³-hybridized carbons (Fsp3) is 0.818. The van der Waals surface area contributed by atoms with Crippen molar-refractivity contribution in [2.45, 2.75) is 33.1 Å². The molecule has 2 aliphatic carbocycles. The summed E-state index contributed by atoms with van der Waals surface area (Å²) in [6.07, 6.45) is 1.09. The fourth-order valence-electron chi connectivity index (χ4n) is 3.29. The third-order valence-corrected chi connectivity index (χ3v) is 4.58. The Bertz CT molecular complexity index is 321. The van der Waals surface area contributed by atoms with E-state index in [9.17, 15) is 9.59 Å². The van der Waals surface area contributed by atoms with Crippen LogP contribution in [0.1, 0.15) is 33.1 Å². The second kappa shape index (κ2) is 2.97. The van der Waals surface area contributed by atoms with E-state index in [-0.39, 0.29) is 17.8 Å². The van der Waals surface area contributed by atoms with Crippen LogP contribution >= 0.6 is 0 Å². The van der Waals surface area contributed by atoms with Crippen molar-refractivity contribution in [3.8, 4) is 0 Å². The second-order valence-corrected chi connectivity index (χ2v) is 5.22. The standard InChI is InChI=1S/C11H16O4/c1-10(2)7-3-4-11(10,8(12)5-7)6-15-9(13)14/h7H,3-6H2,1-2H3,(H,13,14). The van der Waals surface area contributed by atoms with Crippen LogP contribution in [0.4, 0.5) is 4.79 Å². The van der Waals surface area contributed by atoms with Crippen LogP contribution in [0.3, 0.4) is 0 Å². The van der Waals surface area contributed by atoms with Gasteiger partial charge in [0, 0.05) is 6.42 Å². The molecule has 0 aromatic rings. The number of carbonyl (C=O) groups is 2. The molecule has 2 atom stereocenters. The van der Waals surface area contributed by atoms with Crippen LogP contribution in [-0.2, 0) is 9.53 Å². The van der Waals surface area contributed by atoms with Gasteiger partial charge >= 0.3 is 6.16 Å². The zero-order chi connectivity index (χ0) is 11.3. The molecule has 15 heavy (non-hydrogen) atoms. The predicted octanol–water partition coefficient (Wildman–Crippen LogP) is 2.08. The SMILES string of the molecule is CC1(C)C2CCC1(COC(=O)O)C(=O)C2. The Hall–Kier alpha value is -1.06. The van der Waals surface area contributed by atoms with Crippen molar-refractivity contribution in [1.29, 1.82) is 0 Å². The van der Waals surface area contributed by atoms with Crippen molar-refractivity contribution in [3.63, 3.8) is 0 Å². The van der Waals surface area contributed by atoms with Crippen LogP contribution in [0.15, 0.2) is 0 Å². The van der Waals surface area contributed by atoms with Gasteiger partial charge in [-0.15, -0.1) is 0 Å². The molecule has 2 bridgehead atoms. The van der Waals surface area contributed by atoms with Crippen molar-refractivity contribution in [2.75, 3.05) is 6.61 Å². The number of ether oxygens (including phenoxy) is 1. The molecule has 84 valence electrons. The molecule has 0 aliphatic heterocycles. The molecule has 1 N–H and O–H groups in total. The van der Waals surface area contributed by atoms with E-state index in [0.717, 1.165) is 12.8 Å². The summed E-state index contributed by atoms with van der Waals surface area (Å²) >= 11 is 0. The highest BCUT2D eigenvalue weighted by Gasteiger charge is 2.64. The summed E-state index contributed by atoms with van der Waals surface area (Å²) in [6.45, 7) is 4.15. The number of hydrogen-bond donors (Lipinski definition) is 1. The van der Waals surface area contributed by atoms with Gasteiger partial charge in [0.15, 0.2) is 0 Å². The van der Waals surface area contributed by atoms with Gasteiger partial charge in [0.2, 0.25) is 0 Å². The summed E-state index contributed by atoms with van der Waals surface area (Å²) in [4.78, 5) is 22.3. The molecule has 0 aromatic heterocycles. The molecular formula is C11H16O4. The molecule has 0 radical (unpaired) electrons. The van der Waals surface area contributed by atoms with Crippen molar-refractivity contribution in [2.24, 2.45) is 16.7 Å². The molecule has 0 amide bonds. The van der Waals surface area contributed by atoms with E-state index in [0.29, 0.717) is 12.3 Å². The van der Waals surface area contributed by atoms with Gasteiger partial charge in [-0.3, -0.25) is 4.79 Å². The number of fused-ring (bicyclic) bond motifs is 2. The normalized spacial score (nSPS) is 36.9. The molecular weight excluding hydrogens is 196 g/mol. The minimum absolute atomic E-state index is 0.0324. The van der Waals surface area contributed by atoms with Gasteiger partial charge in [-0.2, -0.15) is 0 Å². The van der Waals surface area contributed by atoms with Crippen LogP contribution < -0.4 is 0 Å². The van der Waals surface area contributed by atoms with Gasteiger partial charge in [-0.25, -0.2) is 4.79 Å². The molecule has 0 spiro atoms. The van der Waals surface area contributed by atoms with Crippen LogP contribution in [-0.4, -0.2) is 23.7 Å². The van der Waals surface area contributed by atoms with E-state index < -0.39 is 11.6 Å². The van der Waals surface area contributed by atoms with E-state index in [1.807, 2.05) is 0 Å². The molecule has 4 heteroatoms. The van der Waals surface area contributed by atoms with Crippen LogP contribution in [0, 0.1) is 16.7 Å². The van der Waals surface area contributed by atoms with Gasteiger partial charge in [0.05, 0.1) is 5.41 Å². The number of rotatable bonds is 2. The predicted molar refractivity (Wildman–Crippen MR) is 52.5 cm³/mol. The Morgan fingerprint density at radius 2 is 2.27 bits per heavy atom. The quantitative estimate of drug-likeness (QED) is 0.712. The first-order valence-corrected chi connectivity index (χ1v) is 5.29. The van der Waals surface area contributed by atoms with Crippen molar-refractivity contribution >= 4 is 11.9 Å². The van der Waals surface area contributed by atoms with E-state index in [1.54, 1.807) is 0 Å². The Morgan fingerprint density at radius 1 is 1.60 bits per heavy atom. The van der Waals surface area contributed by atoms with Gasteiger partial charge in [-0.05, 0) is 24.2 Å². The first-order valence-electron chi connectivity index (χ1n) is 5.29. The molecule has 2 fully saturated rings. The molecule has 0 saturated heterocycles. The highest BCUT2D eigenvalue weighted by molar-refractivity contribution is 5.90. The van der Waals surface area contributed by atoms with E-state index >= 15 is 0 Å². The van der Waals surface area contributed by atoms with Crippen LogP contribution in [0.2, 0.25) is 0 Å². The largest absolute Gasteiger partial charge is 0.505 e. The highest BCUT2D eigenvalue weighted by Crippen LogP contribution is 2.63. The van der Waals surface area contributed by atoms with Crippen LogP contribution in [0.25, 0.3) is 0 Å². The van der Waals surface area contributed by atoms with E-state index in [4.69, 9.17) is 5.11 Å². The number of hydrogen-bond acceptors (Lipinski definition) is 3. The molecule has 2 saturated carbocycles. The van der Waals surface area contributed by atoms with Crippen molar-refractivity contribution in [1.82, 2.24) is 0 Å². The third kappa shape index (κ3) is 1.20. The summed E-state index contributed by atoms with van der Waals surface area (Å²) in [7, 11) is 0. The lowest BCUT2D eigenvalue weighted by Crippen LogP contribution is -2.40. The topological polar surface area (TPSA) is 63.6 Å². The van der Waals surface area contributed by atoms with Crippen LogP contribution in [0.5, 0.6) is 0 Å². The van der Waals surface area contributed by atoms with Gasteiger partial charge in [0.1, 0.15) is 12.4 Å². The Balaban J connectivity index is 2.24. The van der Waals surface area contributed by atoms with Gasteiger partial charge in [0.25, 0.3) is 0 Å². The number of ketones is 1. The van der Waals surface area contributed by atoms with Gasteiger partial charge in [-0.1, -0.05) is 13.8 Å². The van der Waals surface area contributed by atoms with E-state index in [2.05, 4.69) is 18.6 Å². The van der Waals surface area contributed by atoms with Crippen molar-refractivity contribution < 1.29 is 19.4 Å². The first kappa shape index (κ1) is 10.5. The number of carbonyl (C=O) groups excluding carboxylic acids is 1. The maximum Gasteiger partial charge on any atom is 0.505 e. The smallest absolute Gasteiger partial charge is 0.450 e. The average Bonchev–Trinajstić information content (AvgIpc) is 2.47. The summed E-state index contributed by atoms with van der Waals surface area (Å²) in [5.41, 5.74) is -0.657. The lowest BCUT2D eigenvalue weighted by Gasteiger charge is -2.35. The zero-order valence-electron chi connectivity index (χ0n) is 9.08. The minimum atomic E-state index is -1.29. The highest BCUT2D eigenvalue weighted by atomic mass is 16.7. The Kier molecular flexibility index (Phi) is 2.07.